The summed E-state index contributed by atoms with van der Waals surface area (Å²) in [6, 6.07) is 9.74. The molecule has 0 radical (unpaired) electrons. The van der Waals surface area contributed by atoms with E-state index in [1.54, 1.807) is 12.1 Å². The Morgan fingerprint density at radius 1 is 1.12 bits per heavy atom. The molecule has 0 saturated heterocycles. The lowest BCUT2D eigenvalue weighted by Crippen LogP contribution is -1.83. The van der Waals surface area contributed by atoms with Gasteiger partial charge in [-0.05, 0) is 35.7 Å². The molecule has 0 unspecified atom stereocenters. The summed E-state index contributed by atoms with van der Waals surface area (Å²) in [4.78, 5) is 5.20. The van der Waals surface area contributed by atoms with Crippen LogP contribution in [0.5, 0.6) is 0 Å². The number of halogens is 1. The molecule has 120 valence electrons. The summed E-state index contributed by atoms with van der Waals surface area (Å²) < 4.78 is 23.7. The summed E-state index contributed by atoms with van der Waals surface area (Å²) in [6.45, 7) is 0. The fourth-order valence-corrected chi connectivity index (χ4v) is 3.17. The van der Waals surface area contributed by atoms with Crippen LogP contribution >= 0.6 is 23.1 Å². The van der Waals surface area contributed by atoms with Gasteiger partial charge in [0.25, 0.3) is 11.1 Å². The molecule has 24 heavy (non-hydrogen) atoms. The van der Waals surface area contributed by atoms with Gasteiger partial charge in [0.15, 0.2) is 0 Å². The first-order valence-corrected chi connectivity index (χ1v) is 8.73. The van der Waals surface area contributed by atoms with E-state index in [-0.39, 0.29) is 5.82 Å². The average Bonchev–Trinajstić information content (AvgIpc) is 3.34. The first-order valence-electron chi connectivity index (χ1n) is 6.86. The molecule has 9 heteroatoms. The molecule has 0 spiro atoms. The largest absolute Gasteiger partial charge is 0.410 e. The monoisotopic (exact) mass is 360 g/mol. The number of hydrogen-bond donors (Lipinski definition) is 0. The van der Waals surface area contributed by atoms with E-state index in [2.05, 4.69) is 20.3 Å². The third-order valence-electron chi connectivity index (χ3n) is 3.03. The van der Waals surface area contributed by atoms with Gasteiger partial charge in [0, 0.05) is 5.56 Å². The van der Waals surface area contributed by atoms with Crippen LogP contribution in [0.1, 0.15) is 5.89 Å². The molecule has 3 aromatic heterocycles. The molecule has 0 aliphatic carbocycles. The summed E-state index contributed by atoms with van der Waals surface area (Å²) in [5.74, 6) is 1.42. The van der Waals surface area contributed by atoms with E-state index in [4.69, 9.17) is 8.94 Å². The molecule has 0 N–H and O–H groups in total. The normalized spacial score (nSPS) is 11.0. The Morgan fingerprint density at radius 2 is 2.00 bits per heavy atom. The number of thiophene rings is 1. The lowest BCUT2D eigenvalue weighted by molar-refractivity contribution is 0.391. The number of hydrogen-bond acceptors (Lipinski definition) is 8. The molecule has 4 aromatic rings. The lowest BCUT2D eigenvalue weighted by Gasteiger charge is -1.92. The number of benzene rings is 1. The van der Waals surface area contributed by atoms with Crippen LogP contribution in [0.3, 0.4) is 0 Å². The van der Waals surface area contributed by atoms with Gasteiger partial charge in [0.1, 0.15) is 5.82 Å². The Bertz CT molecular complexity index is 935. The highest BCUT2D eigenvalue weighted by atomic mass is 32.2. The maximum atomic E-state index is 12.9. The van der Waals surface area contributed by atoms with Crippen LogP contribution in [0.25, 0.3) is 22.2 Å². The zero-order valence-corrected chi connectivity index (χ0v) is 13.7. The van der Waals surface area contributed by atoms with Crippen LogP contribution in [-0.2, 0) is 5.75 Å². The molecule has 0 aliphatic heterocycles. The Morgan fingerprint density at radius 3 is 2.79 bits per heavy atom. The Labute approximate surface area is 143 Å². The Balaban J connectivity index is 1.42. The molecule has 1 aromatic carbocycles. The van der Waals surface area contributed by atoms with Crippen molar-refractivity contribution in [3.8, 4) is 22.2 Å². The second kappa shape index (κ2) is 6.54. The van der Waals surface area contributed by atoms with Crippen molar-refractivity contribution in [2.24, 2.45) is 0 Å². The SMILES string of the molecule is Fc1ccc(-c2noc(CSc3nnc(-c4cccs4)o3)n2)cc1. The van der Waals surface area contributed by atoms with Gasteiger partial charge in [0.05, 0.1) is 10.6 Å². The Hall–Kier alpha value is -2.52. The van der Waals surface area contributed by atoms with Gasteiger partial charge in [-0.1, -0.05) is 23.0 Å². The highest BCUT2D eigenvalue weighted by Crippen LogP contribution is 2.28. The van der Waals surface area contributed by atoms with Gasteiger partial charge >= 0.3 is 0 Å². The molecule has 0 amide bonds. The van der Waals surface area contributed by atoms with Gasteiger partial charge in [-0.3, -0.25) is 0 Å². The highest BCUT2D eigenvalue weighted by Gasteiger charge is 2.13. The number of aromatic nitrogens is 4. The first kappa shape index (κ1) is 15.0. The van der Waals surface area contributed by atoms with Crippen LogP contribution in [-0.4, -0.2) is 20.3 Å². The van der Waals surface area contributed by atoms with Gasteiger partial charge in [0.2, 0.25) is 11.7 Å². The van der Waals surface area contributed by atoms with Crippen molar-refractivity contribution in [2.75, 3.05) is 0 Å². The summed E-state index contributed by atoms with van der Waals surface area (Å²) >= 11 is 2.84. The van der Waals surface area contributed by atoms with Crippen LogP contribution in [0.2, 0.25) is 0 Å². The molecular weight excluding hydrogens is 351 g/mol. The smallest absolute Gasteiger partial charge is 0.277 e. The second-order valence-electron chi connectivity index (χ2n) is 4.66. The fraction of sp³-hybridized carbons (Fsp3) is 0.0667. The van der Waals surface area contributed by atoms with Crippen molar-refractivity contribution in [2.45, 2.75) is 11.0 Å². The number of thioether (sulfide) groups is 1. The maximum absolute atomic E-state index is 12.9. The second-order valence-corrected chi connectivity index (χ2v) is 6.53. The number of nitrogens with zero attached hydrogens (tertiary/aromatic N) is 4. The minimum atomic E-state index is -0.309. The summed E-state index contributed by atoms with van der Waals surface area (Å²) in [5, 5.41) is 14.3. The average molecular weight is 360 g/mol. The van der Waals surface area contributed by atoms with Crippen molar-refractivity contribution in [1.82, 2.24) is 20.3 Å². The highest BCUT2D eigenvalue weighted by molar-refractivity contribution is 7.98. The molecule has 0 aliphatic rings. The third-order valence-corrected chi connectivity index (χ3v) is 4.69. The molecule has 4 rings (SSSR count). The Kier molecular flexibility index (Phi) is 4.09. The summed E-state index contributed by atoms with van der Waals surface area (Å²) in [5.41, 5.74) is 0.689. The van der Waals surface area contributed by atoms with Crippen molar-refractivity contribution >= 4 is 23.1 Å². The molecule has 6 nitrogen and oxygen atoms in total. The molecule has 0 bridgehead atoms. The van der Waals surface area contributed by atoms with E-state index >= 15 is 0 Å². The van der Waals surface area contributed by atoms with Crippen LogP contribution in [0.4, 0.5) is 4.39 Å². The predicted octanol–water partition coefficient (Wildman–Crippen LogP) is 4.28. The molecule has 0 fully saturated rings. The topological polar surface area (TPSA) is 77.8 Å². The summed E-state index contributed by atoms with van der Waals surface area (Å²) in [6.07, 6.45) is 0. The quantitative estimate of drug-likeness (QED) is 0.492. The van der Waals surface area contributed by atoms with Crippen molar-refractivity contribution < 1.29 is 13.3 Å². The van der Waals surface area contributed by atoms with Crippen molar-refractivity contribution in [1.29, 1.82) is 0 Å². The zero-order chi connectivity index (χ0) is 16.4. The number of rotatable bonds is 5. The zero-order valence-electron chi connectivity index (χ0n) is 12.0. The molecule has 0 saturated carbocycles. The van der Waals surface area contributed by atoms with E-state index in [1.807, 2.05) is 17.5 Å². The van der Waals surface area contributed by atoms with E-state index in [0.717, 1.165) is 4.88 Å². The maximum Gasteiger partial charge on any atom is 0.277 e. The summed E-state index contributed by atoms with van der Waals surface area (Å²) in [7, 11) is 0. The minimum Gasteiger partial charge on any atom is -0.410 e. The van der Waals surface area contributed by atoms with E-state index in [9.17, 15) is 4.39 Å². The van der Waals surface area contributed by atoms with Gasteiger partial charge < -0.3 is 8.94 Å². The fourth-order valence-electron chi connectivity index (χ4n) is 1.92. The van der Waals surface area contributed by atoms with Crippen LogP contribution in [0.15, 0.2) is 55.9 Å². The lowest BCUT2D eigenvalue weighted by atomic mass is 10.2. The van der Waals surface area contributed by atoms with Gasteiger partial charge in [-0.15, -0.1) is 21.5 Å². The first-order chi connectivity index (χ1) is 11.8. The molecular formula is C15H9FN4O2S2. The minimum absolute atomic E-state index is 0.309. The van der Waals surface area contributed by atoms with Crippen LogP contribution in [0, 0.1) is 5.82 Å². The van der Waals surface area contributed by atoms with Gasteiger partial charge in [-0.2, -0.15) is 4.98 Å². The predicted molar refractivity (Wildman–Crippen MR) is 86.9 cm³/mol. The van der Waals surface area contributed by atoms with Crippen molar-refractivity contribution in [3.63, 3.8) is 0 Å². The standard InChI is InChI=1S/C15H9FN4O2S2/c16-10-5-3-9(4-6-10)13-17-12(22-20-13)8-24-15-19-18-14(21-15)11-2-1-7-23-11/h1-7H,8H2. The van der Waals surface area contributed by atoms with Crippen molar-refractivity contribution in [3.05, 3.63) is 53.5 Å². The van der Waals surface area contributed by atoms with E-state index in [1.165, 1.54) is 35.2 Å². The molecule has 3 heterocycles. The molecule has 0 atom stereocenters. The van der Waals surface area contributed by atoms with Gasteiger partial charge in [-0.25, -0.2) is 4.39 Å². The van der Waals surface area contributed by atoms with Crippen LogP contribution < -0.4 is 0 Å². The van der Waals surface area contributed by atoms with E-state index < -0.39 is 0 Å². The third kappa shape index (κ3) is 3.22. The van der Waals surface area contributed by atoms with E-state index in [0.29, 0.717) is 34.1 Å².